The summed E-state index contributed by atoms with van der Waals surface area (Å²) in [7, 11) is -3.43. The Morgan fingerprint density at radius 3 is 2.00 bits per heavy atom. The van der Waals surface area contributed by atoms with E-state index in [0.717, 1.165) is 29.5 Å². The third kappa shape index (κ3) is 4.08. The predicted octanol–water partition coefficient (Wildman–Crippen LogP) is 4.02. The summed E-state index contributed by atoms with van der Waals surface area (Å²) in [6.45, 7) is 2.79. The first-order valence-electron chi connectivity index (χ1n) is 6.76. The number of benzene rings is 2. The fraction of sp³-hybridized carbons (Fsp3) is 0.250. The van der Waals surface area contributed by atoms with Crippen molar-refractivity contribution >= 4 is 31.5 Å². The van der Waals surface area contributed by atoms with E-state index < -0.39 is 9.84 Å². The highest BCUT2D eigenvalue weighted by Crippen LogP contribution is 2.22. The molecule has 0 heterocycles. The molecule has 3 nitrogen and oxygen atoms in total. The molecule has 112 valence electrons. The van der Waals surface area contributed by atoms with Crippen LogP contribution in [0.4, 0.5) is 5.69 Å². The van der Waals surface area contributed by atoms with Crippen LogP contribution >= 0.6 is 15.9 Å². The Morgan fingerprint density at radius 2 is 1.48 bits per heavy atom. The van der Waals surface area contributed by atoms with E-state index in [1.165, 1.54) is 0 Å². The number of alkyl halides is 1. The van der Waals surface area contributed by atoms with Crippen LogP contribution in [0.5, 0.6) is 0 Å². The molecule has 21 heavy (non-hydrogen) atoms. The van der Waals surface area contributed by atoms with E-state index in [1.807, 2.05) is 19.1 Å². The van der Waals surface area contributed by atoms with E-state index in [0.29, 0.717) is 9.79 Å². The molecule has 0 aromatic heterocycles. The van der Waals surface area contributed by atoms with Crippen LogP contribution < -0.4 is 5.32 Å². The highest BCUT2D eigenvalue weighted by molar-refractivity contribution is 9.09. The van der Waals surface area contributed by atoms with Gasteiger partial charge in [-0.25, -0.2) is 8.42 Å². The third-order valence-corrected chi connectivity index (χ3v) is 5.48. The van der Waals surface area contributed by atoms with E-state index in [-0.39, 0.29) is 0 Å². The Morgan fingerprint density at radius 1 is 0.952 bits per heavy atom. The zero-order valence-electron chi connectivity index (χ0n) is 11.8. The van der Waals surface area contributed by atoms with Crippen LogP contribution in [0.2, 0.25) is 0 Å². The van der Waals surface area contributed by atoms with Crippen LogP contribution in [0, 0.1) is 6.92 Å². The Bertz CT molecular complexity index is 679. The van der Waals surface area contributed by atoms with Gasteiger partial charge < -0.3 is 5.32 Å². The molecule has 0 bridgehead atoms. The molecule has 0 radical (unpaired) electrons. The molecule has 2 rings (SSSR count). The Balaban J connectivity index is 2.19. The van der Waals surface area contributed by atoms with Crippen LogP contribution in [-0.2, 0) is 9.84 Å². The summed E-state index contributed by atoms with van der Waals surface area (Å²) in [5, 5.41) is 4.19. The lowest BCUT2D eigenvalue weighted by atomic mass is 10.2. The molecule has 0 atom stereocenters. The molecule has 2 aromatic rings. The number of sulfone groups is 1. The highest BCUT2D eigenvalue weighted by atomic mass is 79.9. The second-order valence-corrected chi connectivity index (χ2v) is 7.55. The predicted molar refractivity (Wildman–Crippen MR) is 90.0 cm³/mol. The van der Waals surface area contributed by atoms with Crippen molar-refractivity contribution in [3.8, 4) is 0 Å². The molecule has 5 heteroatoms. The van der Waals surface area contributed by atoms with Gasteiger partial charge in [0.2, 0.25) is 9.84 Å². The number of hydrogen-bond donors (Lipinski definition) is 1. The summed E-state index contributed by atoms with van der Waals surface area (Å²) in [5.74, 6) is 0. The maximum atomic E-state index is 12.5. The molecule has 0 amide bonds. The quantitative estimate of drug-likeness (QED) is 0.619. The number of aryl methyl sites for hydroxylation is 1. The van der Waals surface area contributed by atoms with Crippen molar-refractivity contribution in [1.82, 2.24) is 0 Å². The Labute approximate surface area is 134 Å². The summed E-state index contributed by atoms with van der Waals surface area (Å²) in [4.78, 5) is 0.644. The normalized spacial score (nSPS) is 11.3. The largest absolute Gasteiger partial charge is 0.385 e. The maximum Gasteiger partial charge on any atom is 0.206 e. The molecule has 0 aliphatic rings. The van der Waals surface area contributed by atoms with Crippen molar-refractivity contribution < 1.29 is 8.42 Å². The van der Waals surface area contributed by atoms with Crippen LogP contribution in [0.25, 0.3) is 0 Å². The monoisotopic (exact) mass is 367 g/mol. The van der Waals surface area contributed by atoms with E-state index in [4.69, 9.17) is 0 Å². The first kappa shape index (κ1) is 16.0. The molecular formula is C16H18BrNO2S. The minimum Gasteiger partial charge on any atom is -0.385 e. The second-order valence-electron chi connectivity index (χ2n) is 4.81. The van der Waals surface area contributed by atoms with Gasteiger partial charge in [0.25, 0.3) is 0 Å². The minimum absolute atomic E-state index is 0.317. The van der Waals surface area contributed by atoms with Crippen LogP contribution in [0.3, 0.4) is 0 Å². The molecule has 0 aliphatic heterocycles. The number of nitrogens with one attached hydrogen (secondary N) is 1. The van der Waals surface area contributed by atoms with Crippen molar-refractivity contribution in [3.05, 3.63) is 54.1 Å². The standard InChI is InChI=1S/C16H18BrNO2S/c1-13-3-7-15(8-4-13)21(19,20)16-9-5-14(6-10-16)18-12-2-11-17/h3-10,18H,2,11-12H2,1H3. The Kier molecular flexibility index (Phi) is 5.42. The average Bonchev–Trinajstić information content (AvgIpc) is 2.48. The second kappa shape index (κ2) is 7.09. The van der Waals surface area contributed by atoms with Gasteiger partial charge in [0.1, 0.15) is 0 Å². The summed E-state index contributed by atoms with van der Waals surface area (Å²) >= 11 is 3.37. The fourth-order valence-corrected chi connectivity index (χ4v) is 3.45. The van der Waals surface area contributed by atoms with E-state index in [9.17, 15) is 8.42 Å². The lowest BCUT2D eigenvalue weighted by Crippen LogP contribution is -2.04. The van der Waals surface area contributed by atoms with Crippen LogP contribution in [0.1, 0.15) is 12.0 Å². The molecular weight excluding hydrogens is 350 g/mol. The van der Waals surface area contributed by atoms with Crippen molar-refractivity contribution in [1.29, 1.82) is 0 Å². The fourth-order valence-electron chi connectivity index (χ4n) is 1.90. The summed E-state index contributed by atoms with van der Waals surface area (Å²) in [5.41, 5.74) is 1.97. The van der Waals surface area contributed by atoms with Crippen molar-refractivity contribution in [2.75, 3.05) is 17.2 Å². The van der Waals surface area contributed by atoms with E-state index >= 15 is 0 Å². The zero-order valence-corrected chi connectivity index (χ0v) is 14.2. The third-order valence-electron chi connectivity index (χ3n) is 3.14. The first-order chi connectivity index (χ1) is 10.0. The lowest BCUT2D eigenvalue weighted by molar-refractivity contribution is 0.596. The molecule has 0 saturated carbocycles. The topological polar surface area (TPSA) is 46.2 Å². The first-order valence-corrected chi connectivity index (χ1v) is 9.36. The van der Waals surface area contributed by atoms with Gasteiger partial charge in [-0.05, 0) is 49.7 Å². The molecule has 0 spiro atoms. The van der Waals surface area contributed by atoms with Gasteiger partial charge in [0, 0.05) is 17.6 Å². The highest BCUT2D eigenvalue weighted by Gasteiger charge is 2.16. The van der Waals surface area contributed by atoms with Gasteiger partial charge in [-0.3, -0.25) is 0 Å². The van der Waals surface area contributed by atoms with Crippen LogP contribution in [-0.4, -0.2) is 20.3 Å². The maximum absolute atomic E-state index is 12.5. The Hall–Kier alpha value is -1.33. The number of halogens is 1. The number of anilines is 1. The molecule has 0 unspecified atom stereocenters. The average molecular weight is 368 g/mol. The van der Waals surface area contributed by atoms with Gasteiger partial charge in [0.15, 0.2) is 0 Å². The number of hydrogen-bond acceptors (Lipinski definition) is 3. The van der Waals surface area contributed by atoms with E-state index in [2.05, 4.69) is 21.2 Å². The molecule has 0 fully saturated rings. The van der Waals surface area contributed by atoms with Gasteiger partial charge in [-0.2, -0.15) is 0 Å². The van der Waals surface area contributed by atoms with Gasteiger partial charge in [-0.1, -0.05) is 33.6 Å². The molecule has 0 saturated heterocycles. The van der Waals surface area contributed by atoms with Gasteiger partial charge in [0.05, 0.1) is 9.79 Å². The summed E-state index contributed by atoms with van der Waals surface area (Å²) in [6, 6.07) is 13.8. The van der Waals surface area contributed by atoms with E-state index in [1.54, 1.807) is 36.4 Å². The smallest absolute Gasteiger partial charge is 0.206 e. The lowest BCUT2D eigenvalue weighted by Gasteiger charge is -2.08. The number of rotatable bonds is 6. The van der Waals surface area contributed by atoms with Crippen LogP contribution in [0.15, 0.2) is 58.3 Å². The zero-order chi connectivity index (χ0) is 15.3. The van der Waals surface area contributed by atoms with Crippen molar-refractivity contribution in [3.63, 3.8) is 0 Å². The minimum atomic E-state index is -3.43. The van der Waals surface area contributed by atoms with Crippen molar-refractivity contribution in [2.24, 2.45) is 0 Å². The molecule has 0 aliphatic carbocycles. The molecule has 1 N–H and O–H groups in total. The summed E-state index contributed by atoms with van der Waals surface area (Å²) < 4.78 is 25.0. The molecule has 2 aromatic carbocycles. The van der Waals surface area contributed by atoms with Crippen molar-refractivity contribution in [2.45, 2.75) is 23.1 Å². The van der Waals surface area contributed by atoms with Gasteiger partial charge in [-0.15, -0.1) is 0 Å². The SMILES string of the molecule is Cc1ccc(S(=O)(=O)c2ccc(NCCCBr)cc2)cc1. The summed E-state index contributed by atoms with van der Waals surface area (Å²) in [6.07, 6.45) is 1.02. The van der Waals surface area contributed by atoms with Gasteiger partial charge >= 0.3 is 0 Å².